The number of benzene rings is 1. The topological polar surface area (TPSA) is 116 Å². The molecule has 1 aromatic rings. The summed E-state index contributed by atoms with van der Waals surface area (Å²) in [6.07, 6.45) is 0.592. The summed E-state index contributed by atoms with van der Waals surface area (Å²) in [6, 6.07) is 5.24. The molecule has 0 aromatic heterocycles. The van der Waals surface area contributed by atoms with Gasteiger partial charge in [0.15, 0.2) is 0 Å². The van der Waals surface area contributed by atoms with Gasteiger partial charge in [0.05, 0.1) is 4.90 Å². The average Bonchev–Trinajstić information content (AvgIpc) is 2.34. The van der Waals surface area contributed by atoms with Crippen LogP contribution in [0.5, 0.6) is 0 Å². The number of nitrogens with one attached hydrogen (secondary N) is 1. The Morgan fingerprint density at radius 1 is 1.33 bits per heavy atom. The maximum absolute atomic E-state index is 11.7. The van der Waals surface area contributed by atoms with Crippen molar-refractivity contribution >= 4 is 16.3 Å². The second kappa shape index (κ2) is 6.07. The largest absolute Gasteiger partial charge is 0.313 e. The molecule has 1 aromatic carbocycles. The van der Waals surface area contributed by atoms with Crippen LogP contribution < -0.4 is 4.72 Å². The highest BCUT2D eigenvalue weighted by molar-refractivity contribution is 7.89. The van der Waals surface area contributed by atoms with Crippen LogP contribution in [0.25, 0.3) is 0 Å². The van der Waals surface area contributed by atoms with Gasteiger partial charge in [-0.3, -0.25) is 4.79 Å². The molecule has 0 unspecified atom stereocenters. The summed E-state index contributed by atoms with van der Waals surface area (Å²) in [5, 5.41) is 8.83. The highest BCUT2D eigenvalue weighted by atomic mass is 32.2. The van der Waals surface area contributed by atoms with Gasteiger partial charge in [-0.15, -0.1) is 10.1 Å². The van der Waals surface area contributed by atoms with E-state index in [1.807, 2.05) is 0 Å². The van der Waals surface area contributed by atoms with E-state index in [0.717, 1.165) is 0 Å². The molecule has 1 N–H and O–H groups in total. The van der Waals surface area contributed by atoms with Gasteiger partial charge in [-0.05, 0) is 12.1 Å². The SMILES string of the molecule is O=Cc1ccc(S(=O)(=O)NCCO[N+](=O)[O-])cc1. The molecule has 0 amide bonds. The molecular weight excluding hydrogens is 264 g/mol. The van der Waals surface area contributed by atoms with E-state index in [-0.39, 0.29) is 18.0 Å². The third-order valence-electron chi connectivity index (χ3n) is 1.92. The minimum atomic E-state index is -3.75. The number of carbonyl (C=O) groups excluding carboxylic acids is 1. The molecule has 1 rings (SSSR count). The summed E-state index contributed by atoms with van der Waals surface area (Å²) in [6.45, 7) is -0.600. The first-order valence-corrected chi connectivity index (χ1v) is 6.26. The van der Waals surface area contributed by atoms with Gasteiger partial charge in [0.2, 0.25) is 10.0 Å². The van der Waals surface area contributed by atoms with Crippen molar-refractivity contribution in [1.82, 2.24) is 4.72 Å². The van der Waals surface area contributed by atoms with E-state index in [0.29, 0.717) is 11.8 Å². The quantitative estimate of drug-likeness (QED) is 0.323. The van der Waals surface area contributed by atoms with Crippen LogP contribution in [0.1, 0.15) is 10.4 Å². The number of sulfonamides is 1. The van der Waals surface area contributed by atoms with Crippen LogP contribution in [0.4, 0.5) is 0 Å². The van der Waals surface area contributed by atoms with Crippen molar-refractivity contribution in [1.29, 1.82) is 0 Å². The second-order valence-electron chi connectivity index (χ2n) is 3.14. The van der Waals surface area contributed by atoms with Gasteiger partial charge in [-0.1, -0.05) is 12.1 Å². The normalized spacial score (nSPS) is 10.9. The predicted molar refractivity (Wildman–Crippen MR) is 60.0 cm³/mol. The van der Waals surface area contributed by atoms with Crippen LogP contribution in [0.15, 0.2) is 29.2 Å². The molecule has 0 radical (unpaired) electrons. The van der Waals surface area contributed by atoms with Crippen molar-refractivity contribution < 1.29 is 23.1 Å². The number of hydrogen-bond acceptors (Lipinski definition) is 6. The molecule has 0 atom stereocenters. The van der Waals surface area contributed by atoms with Crippen LogP contribution in [-0.2, 0) is 14.9 Å². The first-order valence-electron chi connectivity index (χ1n) is 4.78. The molecule has 0 fully saturated rings. The Morgan fingerprint density at radius 3 is 2.44 bits per heavy atom. The van der Waals surface area contributed by atoms with E-state index in [9.17, 15) is 23.3 Å². The zero-order valence-corrected chi connectivity index (χ0v) is 9.92. The molecular formula is C9H10N2O6S. The van der Waals surface area contributed by atoms with Gasteiger partial charge in [0.1, 0.15) is 12.9 Å². The molecule has 0 aliphatic carbocycles. The van der Waals surface area contributed by atoms with Crippen molar-refractivity contribution in [3.63, 3.8) is 0 Å². The summed E-state index contributed by atoms with van der Waals surface area (Å²) in [7, 11) is -3.75. The standard InChI is InChI=1S/C9H10N2O6S/c12-7-8-1-3-9(4-2-8)18(15,16)10-5-6-17-11(13)14/h1-4,7,10H,5-6H2. The van der Waals surface area contributed by atoms with Gasteiger partial charge in [0, 0.05) is 12.1 Å². The van der Waals surface area contributed by atoms with E-state index in [1.54, 1.807) is 0 Å². The minimum Gasteiger partial charge on any atom is -0.313 e. The van der Waals surface area contributed by atoms with Crippen LogP contribution in [0.3, 0.4) is 0 Å². The lowest BCUT2D eigenvalue weighted by atomic mass is 10.2. The Bertz CT molecular complexity index is 524. The highest BCUT2D eigenvalue weighted by Gasteiger charge is 2.13. The van der Waals surface area contributed by atoms with Crippen molar-refractivity contribution in [2.75, 3.05) is 13.2 Å². The summed E-state index contributed by atoms with van der Waals surface area (Å²) >= 11 is 0. The Morgan fingerprint density at radius 2 is 1.94 bits per heavy atom. The lowest BCUT2D eigenvalue weighted by Gasteiger charge is -2.05. The molecule has 98 valence electrons. The van der Waals surface area contributed by atoms with E-state index in [1.165, 1.54) is 24.3 Å². The van der Waals surface area contributed by atoms with Gasteiger partial charge in [-0.25, -0.2) is 13.1 Å². The Hall–Kier alpha value is -2.00. The first-order chi connectivity index (χ1) is 8.45. The molecule has 8 nitrogen and oxygen atoms in total. The van der Waals surface area contributed by atoms with Crippen LogP contribution in [0.2, 0.25) is 0 Å². The lowest BCUT2D eigenvalue weighted by molar-refractivity contribution is -0.757. The summed E-state index contributed by atoms with van der Waals surface area (Å²) in [5.41, 5.74) is 0.352. The van der Waals surface area contributed by atoms with E-state index >= 15 is 0 Å². The van der Waals surface area contributed by atoms with E-state index in [4.69, 9.17) is 0 Å². The Labute approximate surface area is 103 Å². The van der Waals surface area contributed by atoms with Crippen molar-refractivity contribution in [3.8, 4) is 0 Å². The number of aldehydes is 1. The fourth-order valence-electron chi connectivity index (χ4n) is 1.11. The fourth-order valence-corrected chi connectivity index (χ4v) is 2.12. The third kappa shape index (κ3) is 4.11. The molecule has 0 spiro atoms. The van der Waals surface area contributed by atoms with Gasteiger partial charge in [-0.2, -0.15) is 0 Å². The zero-order chi connectivity index (χ0) is 13.6. The van der Waals surface area contributed by atoms with Crippen LogP contribution in [0, 0.1) is 10.1 Å². The molecule has 0 heterocycles. The predicted octanol–water partition coefficient (Wildman–Crippen LogP) is -0.0143. The van der Waals surface area contributed by atoms with Crippen LogP contribution in [-0.4, -0.2) is 32.9 Å². The smallest absolute Gasteiger partial charge is 0.294 e. The highest BCUT2D eigenvalue weighted by Crippen LogP contribution is 2.09. The Balaban J connectivity index is 2.62. The molecule has 0 bridgehead atoms. The molecule has 0 saturated carbocycles. The number of nitrogens with zero attached hydrogens (tertiary/aromatic N) is 1. The molecule has 0 aliphatic heterocycles. The van der Waals surface area contributed by atoms with Crippen molar-refractivity contribution in [2.45, 2.75) is 4.90 Å². The average molecular weight is 274 g/mol. The lowest BCUT2D eigenvalue weighted by Crippen LogP contribution is -2.28. The fraction of sp³-hybridized carbons (Fsp3) is 0.222. The summed E-state index contributed by atoms with van der Waals surface area (Å²) in [5.74, 6) is 0. The molecule has 0 saturated heterocycles. The van der Waals surface area contributed by atoms with Gasteiger partial charge in [0.25, 0.3) is 5.09 Å². The van der Waals surface area contributed by atoms with Gasteiger partial charge < -0.3 is 4.84 Å². The number of hydrogen-bond donors (Lipinski definition) is 1. The monoisotopic (exact) mass is 274 g/mol. The molecule has 18 heavy (non-hydrogen) atoms. The van der Waals surface area contributed by atoms with Crippen molar-refractivity contribution in [3.05, 3.63) is 39.9 Å². The van der Waals surface area contributed by atoms with Crippen LogP contribution >= 0.6 is 0 Å². The van der Waals surface area contributed by atoms with Crippen molar-refractivity contribution in [2.24, 2.45) is 0 Å². The first kappa shape index (κ1) is 14.1. The van der Waals surface area contributed by atoms with Gasteiger partial charge >= 0.3 is 0 Å². The van der Waals surface area contributed by atoms with E-state index in [2.05, 4.69) is 9.56 Å². The number of carbonyl (C=O) groups is 1. The maximum atomic E-state index is 11.7. The molecule has 9 heteroatoms. The summed E-state index contributed by atoms with van der Waals surface area (Å²) < 4.78 is 25.4. The third-order valence-corrected chi connectivity index (χ3v) is 3.39. The van der Waals surface area contributed by atoms with E-state index < -0.39 is 15.1 Å². The number of rotatable bonds is 7. The molecule has 0 aliphatic rings. The zero-order valence-electron chi connectivity index (χ0n) is 9.11. The summed E-state index contributed by atoms with van der Waals surface area (Å²) in [4.78, 5) is 24.2. The second-order valence-corrected chi connectivity index (χ2v) is 4.91. The Kier molecular flexibility index (Phi) is 4.75. The minimum absolute atomic E-state index is 0.0331. The maximum Gasteiger partial charge on any atom is 0.294 e.